The molecule has 0 bridgehead atoms. The van der Waals surface area contributed by atoms with E-state index in [1.807, 2.05) is 33.8 Å². The molecule has 11 rings (SSSR count). The van der Waals surface area contributed by atoms with Crippen LogP contribution in [0.25, 0.3) is 21.8 Å². The first-order valence-corrected chi connectivity index (χ1v) is 31.7. The zero-order valence-corrected chi connectivity index (χ0v) is 51.2. The fourth-order valence-corrected chi connectivity index (χ4v) is 14.8. The minimum atomic E-state index is -0.917. The van der Waals surface area contributed by atoms with Gasteiger partial charge in [0, 0.05) is 59.4 Å². The SMILES string of the molecule is C=CCCCCC[C@H](C)C(=O)N1C[C@@]2(CCc3c(c(C)nc4ccc(F)cc34)O2)C[C@H]1C(=O)C[C@]1(C(=O)OCC)C[C@H]1C=C.CCOC(=O)[C@]12CC(=O)[C@@H]3C[C@]4(CCc5c(c(C)nc6ccc(F)cc56)O4)CN3C(=O)[C@@H](C)CCCCC/C=C\[C@@H]1C2. The van der Waals surface area contributed by atoms with Gasteiger partial charge in [-0.25, -0.2) is 18.7 Å². The standard InChI is InChI=1S/C36H45FN2O5.C34H41FN2O5/c1-6-9-10-11-12-13-23(4)33(41)39-22-35(20-30(39)31(40)21-36(19-25(36)7-2)34(42)43-8-3)17-16-27-28-18-26(37)14-15-29(28)38-24(5)32(27)44-35;1-4-41-32(40)34-17-23(34)11-9-7-5-6-8-10-21(2)31(39)37-20-33(18-28(37)29(38)19-34)15-14-25-26-16-24(35)12-13-27(26)36-22(3)30(25)42-33/h6-7,14-15,18,23,25,30H,1-2,8-13,16-17,19-22H2,3-5H3;9,11-13,16,21,23,28H,4-8,10,14-15,17-20H2,1-3H3/b;11-9-/t23-,25+,30-,35+,36+;21-,23+,28-,33+,34+/m00/s1. The van der Waals surface area contributed by atoms with E-state index in [0.29, 0.717) is 86.3 Å². The maximum Gasteiger partial charge on any atom is 0.313 e. The number of pyridine rings is 2. The monoisotopic (exact) mass is 1180 g/mol. The van der Waals surface area contributed by atoms with Crippen LogP contribution in [0.5, 0.6) is 11.5 Å². The predicted octanol–water partition coefficient (Wildman–Crippen LogP) is 12.9. The van der Waals surface area contributed by atoms with Crippen molar-refractivity contribution in [2.24, 2.45) is 34.5 Å². The molecule has 0 N–H and O–H groups in total. The quantitative estimate of drug-likeness (QED) is 0.0627. The number of aromatic nitrogens is 2. The molecule has 86 heavy (non-hydrogen) atoms. The number of aryl methyl sites for hydroxylation is 4. The molecule has 2 aromatic carbocycles. The summed E-state index contributed by atoms with van der Waals surface area (Å²) in [5.74, 6) is -1.05. The Morgan fingerprint density at radius 2 is 1.43 bits per heavy atom. The van der Waals surface area contributed by atoms with Gasteiger partial charge in [-0.05, 0) is 153 Å². The zero-order valence-electron chi connectivity index (χ0n) is 51.2. The minimum Gasteiger partial charge on any atom is -0.483 e. The van der Waals surface area contributed by atoms with Crippen molar-refractivity contribution in [1.29, 1.82) is 0 Å². The van der Waals surface area contributed by atoms with Gasteiger partial charge < -0.3 is 28.7 Å². The summed E-state index contributed by atoms with van der Waals surface area (Å²) in [6.45, 7) is 19.9. The van der Waals surface area contributed by atoms with Gasteiger partial charge in [0.2, 0.25) is 11.8 Å². The van der Waals surface area contributed by atoms with Crippen molar-refractivity contribution < 1.29 is 56.5 Å². The lowest BCUT2D eigenvalue weighted by molar-refractivity contribution is -0.153. The highest BCUT2D eigenvalue weighted by atomic mass is 19.1. The van der Waals surface area contributed by atoms with Crippen LogP contribution in [0, 0.1) is 60.0 Å². The van der Waals surface area contributed by atoms with Gasteiger partial charge >= 0.3 is 11.9 Å². The largest absolute Gasteiger partial charge is 0.483 e. The molecule has 16 heteroatoms. The van der Waals surface area contributed by atoms with Crippen molar-refractivity contribution in [3.8, 4) is 11.5 Å². The van der Waals surface area contributed by atoms with Gasteiger partial charge in [-0.15, -0.1) is 13.2 Å². The first-order chi connectivity index (χ1) is 41.2. The number of carbonyl (C=O) groups excluding carboxylic acids is 6. The number of likely N-dealkylation sites (tertiary alicyclic amines) is 1. The summed E-state index contributed by atoms with van der Waals surface area (Å²) >= 11 is 0. The van der Waals surface area contributed by atoms with Gasteiger partial charge in [0.25, 0.3) is 0 Å². The third kappa shape index (κ3) is 12.4. The van der Waals surface area contributed by atoms with E-state index in [0.717, 1.165) is 91.6 Å². The highest BCUT2D eigenvalue weighted by Crippen LogP contribution is 2.59. The fourth-order valence-electron chi connectivity index (χ4n) is 14.8. The average molecular weight is 1180 g/mol. The lowest BCUT2D eigenvalue weighted by Gasteiger charge is -2.36. The second kappa shape index (κ2) is 25.5. The molecule has 4 fully saturated rings. The summed E-state index contributed by atoms with van der Waals surface area (Å²) in [5, 5.41) is 1.47. The summed E-state index contributed by atoms with van der Waals surface area (Å²) < 4.78 is 52.7. The molecule has 10 atom stereocenters. The maximum atomic E-state index is 14.2. The Labute approximate surface area is 504 Å². The lowest BCUT2D eigenvalue weighted by atomic mass is 9.85. The molecular weight excluding hydrogens is 1090 g/mol. The number of hydrogen-bond acceptors (Lipinski definition) is 12. The number of hydrogen-bond donors (Lipinski definition) is 0. The van der Waals surface area contributed by atoms with Crippen molar-refractivity contribution in [3.63, 3.8) is 0 Å². The first-order valence-electron chi connectivity index (χ1n) is 31.7. The third-order valence-corrected chi connectivity index (χ3v) is 19.9. The summed E-state index contributed by atoms with van der Waals surface area (Å²) in [7, 11) is 0. The molecule has 7 heterocycles. The number of amides is 2. The van der Waals surface area contributed by atoms with Gasteiger partial charge in [0.15, 0.2) is 11.6 Å². The molecule has 14 nitrogen and oxygen atoms in total. The normalized spacial score (nSPS) is 29.1. The Kier molecular flexibility index (Phi) is 18.4. The molecule has 2 saturated carbocycles. The molecular formula is C70H86F2N4O10. The summed E-state index contributed by atoms with van der Waals surface area (Å²) in [6.07, 6.45) is 21.5. The van der Waals surface area contributed by atoms with E-state index in [1.165, 1.54) is 24.3 Å². The Balaban J connectivity index is 0.000000191. The number of fused-ring (bicyclic) bond motifs is 8. The van der Waals surface area contributed by atoms with Crippen LogP contribution in [0.2, 0.25) is 0 Å². The number of benzene rings is 2. The van der Waals surface area contributed by atoms with Crippen LogP contribution in [0.3, 0.4) is 0 Å². The summed E-state index contributed by atoms with van der Waals surface area (Å²) in [5.41, 5.74) is 1.38. The number of allylic oxidation sites excluding steroid dienone is 4. The van der Waals surface area contributed by atoms with Crippen LogP contribution in [0.15, 0.2) is 73.9 Å². The predicted molar refractivity (Wildman–Crippen MR) is 324 cm³/mol. The second-order valence-electron chi connectivity index (χ2n) is 26.0. The Morgan fingerprint density at radius 1 is 0.802 bits per heavy atom. The van der Waals surface area contributed by atoms with Crippen LogP contribution in [0.4, 0.5) is 8.78 Å². The highest BCUT2D eigenvalue weighted by molar-refractivity contribution is 5.97. The molecule has 2 spiro atoms. The van der Waals surface area contributed by atoms with Crippen LogP contribution < -0.4 is 9.47 Å². The number of esters is 2. The van der Waals surface area contributed by atoms with E-state index in [1.54, 1.807) is 41.9 Å². The van der Waals surface area contributed by atoms with Crippen molar-refractivity contribution in [1.82, 2.24) is 19.8 Å². The molecule has 4 aromatic rings. The number of ketones is 2. The average Bonchev–Trinajstić information content (AvgIpc) is 1.51. The molecule has 0 radical (unpaired) electrons. The molecule has 7 aliphatic rings. The molecule has 5 aliphatic heterocycles. The van der Waals surface area contributed by atoms with Crippen LogP contribution >= 0.6 is 0 Å². The Bertz CT molecular complexity index is 3360. The zero-order chi connectivity index (χ0) is 61.3. The van der Waals surface area contributed by atoms with Crippen molar-refractivity contribution in [2.45, 2.75) is 193 Å². The van der Waals surface area contributed by atoms with E-state index in [4.69, 9.17) is 18.9 Å². The first kappa shape index (κ1) is 62.2. The fraction of sp³-hybridized carbons (Fsp3) is 0.571. The molecule has 2 amide bonds. The van der Waals surface area contributed by atoms with Gasteiger partial charge in [0.05, 0.1) is 71.6 Å². The van der Waals surface area contributed by atoms with Crippen LogP contribution in [-0.4, -0.2) is 105 Å². The molecule has 2 aliphatic carbocycles. The molecule has 460 valence electrons. The Hall–Kier alpha value is -6.84. The van der Waals surface area contributed by atoms with Gasteiger partial charge in [-0.3, -0.25) is 28.8 Å². The number of halogens is 2. The maximum absolute atomic E-state index is 14.2. The number of ether oxygens (including phenoxy) is 4. The van der Waals surface area contributed by atoms with E-state index in [-0.39, 0.29) is 103 Å². The second-order valence-corrected chi connectivity index (χ2v) is 26.0. The van der Waals surface area contributed by atoms with Gasteiger partial charge in [0.1, 0.15) is 34.3 Å². The number of rotatable bonds is 15. The molecule has 2 aromatic heterocycles. The van der Waals surface area contributed by atoms with E-state index >= 15 is 0 Å². The van der Waals surface area contributed by atoms with Crippen LogP contribution in [0.1, 0.15) is 166 Å². The third-order valence-electron chi connectivity index (χ3n) is 19.9. The van der Waals surface area contributed by atoms with Crippen molar-refractivity contribution in [2.75, 3.05) is 26.3 Å². The van der Waals surface area contributed by atoms with Crippen LogP contribution in [-0.2, 0) is 51.1 Å². The number of Topliss-reactive ketones (excluding diaryl/α,β-unsaturated/α-hetero) is 2. The van der Waals surface area contributed by atoms with Crippen molar-refractivity contribution >= 4 is 57.1 Å². The van der Waals surface area contributed by atoms with E-state index in [2.05, 4.69) is 35.3 Å². The van der Waals surface area contributed by atoms with Gasteiger partial charge in [-0.2, -0.15) is 0 Å². The number of nitrogens with zero attached hydrogens (tertiary/aromatic N) is 4. The van der Waals surface area contributed by atoms with Crippen molar-refractivity contribution in [3.05, 3.63) is 108 Å². The Morgan fingerprint density at radius 3 is 2.03 bits per heavy atom. The molecule has 2 saturated heterocycles. The highest BCUT2D eigenvalue weighted by Gasteiger charge is 2.64. The molecule has 0 unspecified atom stereocenters. The lowest BCUT2D eigenvalue weighted by Crippen LogP contribution is -2.46. The summed E-state index contributed by atoms with van der Waals surface area (Å²) in [6, 6.07) is 7.80. The number of carbonyl (C=O) groups is 6. The van der Waals surface area contributed by atoms with E-state index in [9.17, 15) is 37.5 Å². The van der Waals surface area contributed by atoms with Gasteiger partial charge in [-0.1, -0.05) is 63.8 Å². The topological polar surface area (TPSA) is 172 Å². The summed E-state index contributed by atoms with van der Waals surface area (Å²) in [4.78, 5) is 95.2. The van der Waals surface area contributed by atoms with E-state index < -0.39 is 34.1 Å². The number of unbranched alkanes of at least 4 members (excludes halogenated alkanes) is 3. The smallest absolute Gasteiger partial charge is 0.313 e. The minimum absolute atomic E-state index is 0.00403.